The molecule has 3 aliphatic rings. The van der Waals surface area contributed by atoms with E-state index in [0.717, 1.165) is 42.8 Å². The van der Waals surface area contributed by atoms with Gasteiger partial charge in [0.1, 0.15) is 11.5 Å². The summed E-state index contributed by atoms with van der Waals surface area (Å²) in [5.41, 5.74) is 2.44. The lowest BCUT2D eigenvalue weighted by Gasteiger charge is -2.37. The second-order valence-electron chi connectivity index (χ2n) is 8.98. The lowest BCUT2D eigenvalue weighted by molar-refractivity contribution is -0.186. The number of nitrogens with zero attached hydrogens (tertiary/aromatic N) is 3. The first kappa shape index (κ1) is 24.1. The molecule has 0 bridgehead atoms. The lowest BCUT2D eigenvalue weighted by atomic mass is 9.97. The Balaban J connectivity index is 1.41. The zero-order chi connectivity index (χ0) is 24.4. The zero-order valence-corrected chi connectivity index (χ0v) is 20.8. The van der Waals surface area contributed by atoms with E-state index in [0.29, 0.717) is 36.2 Å². The van der Waals surface area contributed by atoms with Gasteiger partial charge in [-0.3, -0.25) is 9.69 Å². The summed E-state index contributed by atoms with van der Waals surface area (Å²) < 4.78 is 22.8. The molecule has 35 heavy (non-hydrogen) atoms. The normalized spacial score (nSPS) is 21.9. The summed E-state index contributed by atoms with van der Waals surface area (Å²) in [7, 11) is 3.24. The van der Waals surface area contributed by atoms with Gasteiger partial charge in [-0.25, -0.2) is 5.01 Å². The third kappa shape index (κ3) is 4.89. The fourth-order valence-corrected chi connectivity index (χ4v) is 5.29. The topological polar surface area (TPSA) is 72.8 Å². The van der Waals surface area contributed by atoms with E-state index in [1.807, 2.05) is 42.5 Å². The molecule has 1 spiro atoms. The molecule has 0 aromatic heterocycles. The lowest BCUT2D eigenvalue weighted by Crippen LogP contribution is -2.48. The predicted molar refractivity (Wildman–Crippen MR) is 132 cm³/mol. The van der Waals surface area contributed by atoms with E-state index in [9.17, 15) is 4.79 Å². The number of carbonyl (C=O) groups excluding carboxylic acids is 1. The van der Waals surface area contributed by atoms with Crippen LogP contribution in [0.4, 0.5) is 0 Å². The maximum atomic E-state index is 13.6. The van der Waals surface area contributed by atoms with Gasteiger partial charge in [0.05, 0.1) is 45.7 Å². The molecule has 186 valence electrons. The first-order valence-electron chi connectivity index (χ1n) is 11.9. The Labute approximate surface area is 210 Å². The van der Waals surface area contributed by atoms with Crippen LogP contribution >= 0.6 is 11.6 Å². The van der Waals surface area contributed by atoms with Crippen molar-refractivity contribution in [1.82, 2.24) is 9.91 Å². The fourth-order valence-electron chi connectivity index (χ4n) is 5.04. The van der Waals surface area contributed by atoms with Crippen LogP contribution in [-0.4, -0.2) is 74.4 Å². The SMILES string of the molecule is COc1ccc(OC)c(C2CC(c3ccccc3Cl)=NN2C(=O)CN2CCC3(CC2)OCCO3)c1. The highest BCUT2D eigenvalue weighted by Gasteiger charge is 2.41. The van der Waals surface area contributed by atoms with Crippen LogP contribution in [0.5, 0.6) is 11.5 Å². The van der Waals surface area contributed by atoms with Crippen LogP contribution in [0.15, 0.2) is 47.6 Å². The average molecular weight is 500 g/mol. The largest absolute Gasteiger partial charge is 0.497 e. The van der Waals surface area contributed by atoms with E-state index in [1.54, 1.807) is 19.2 Å². The van der Waals surface area contributed by atoms with Gasteiger partial charge >= 0.3 is 0 Å². The Morgan fingerprint density at radius 1 is 1.11 bits per heavy atom. The summed E-state index contributed by atoms with van der Waals surface area (Å²) in [5, 5.41) is 6.98. The van der Waals surface area contributed by atoms with Gasteiger partial charge in [-0.2, -0.15) is 5.10 Å². The molecule has 3 heterocycles. The predicted octanol–water partition coefficient (Wildman–Crippen LogP) is 3.87. The van der Waals surface area contributed by atoms with Gasteiger partial charge in [0.15, 0.2) is 5.79 Å². The molecule has 0 N–H and O–H groups in total. The van der Waals surface area contributed by atoms with E-state index in [1.165, 1.54) is 0 Å². The minimum Gasteiger partial charge on any atom is -0.497 e. The van der Waals surface area contributed by atoms with Crippen molar-refractivity contribution in [2.24, 2.45) is 5.10 Å². The molecule has 2 aromatic rings. The van der Waals surface area contributed by atoms with E-state index >= 15 is 0 Å². The van der Waals surface area contributed by atoms with Crippen molar-refractivity contribution in [3.63, 3.8) is 0 Å². The smallest absolute Gasteiger partial charge is 0.257 e. The van der Waals surface area contributed by atoms with Gasteiger partial charge in [-0.1, -0.05) is 29.8 Å². The number of methoxy groups -OCH3 is 2. The molecule has 5 rings (SSSR count). The summed E-state index contributed by atoms with van der Waals surface area (Å²) >= 11 is 6.49. The molecular weight excluding hydrogens is 470 g/mol. The summed E-state index contributed by atoms with van der Waals surface area (Å²) in [6.07, 6.45) is 2.02. The number of halogens is 1. The Kier molecular flexibility index (Phi) is 6.98. The monoisotopic (exact) mass is 499 g/mol. The van der Waals surface area contributed by atoms with E-state index in [2.05, 4.69) is 4.90 Å². The Hall–Kier alpha value is -2.65. The summed E-state index contributed by atoms with van der Waals surface area (Å²) in [6.45, 7) is 2.99. The molecule has 0 radical (unpaired) electrons. The van der Waals surface area contributed by atoms with Crippen molar-refractivity contribution in [2.75, 3.05) is 47.1 Å². The van der Waals surface area contributed by atoms with Gasteiger partial charge in [0.25, 0.3) is 5.91 Å². The highest BCUT2D eigenvalue weighted by molar-refractivity contribution is 6.34. The van der Waals surface area contributed by atoms with Crippen molar-refractivity contribution in [1.29, 1.82) is 0 Å². The number of carbonyl (C=O) groups is 1. The second kappa shape index (κ2) is 10.1. The second-order valence-corrected chi connectivity index (χ2v) is 9.38. The summed E-state index contributed by atoms with van der Waals surface area (Å²) in [6, 6.07) is 12.8. The zero-order valence-electron chi connectivity index (χ0n) is 20.0. The van der Waals surface area contributed by atoms with Gasteiger partial charge in [0, 0.05) is 48.5 Å². The van der Waals surface area contributed by atoms with E-state index in [-0.39, 0.29) is 18.5 Å². The number of hydrogen-bond donors (Lipinski definition) is 0. The van der Waals surface area contributed by atoms with Gasteiger partial charge < -0.3 is 18.9 Å². The van der Waals surface area contributed by atoms with Crippen LogP contribution < -0.4 is 9.47 Å². The van der Waals surface area contributed by atoms with Crippen molar-refractivity contribution < 1.29 is 23.7 Å². The Bertz CT molecular complexity index is 1110. The standard InChI is InChI=1S/C26H30ClN3O5/c1-32-18-7-8-24(33-2)20(15-18)23-16-22(19-5-3-4-6-21(19)27)28-30(23)25(31)17-29-11-9-26(10-12-29)34-13-14-35-26/h3-8,15,23H,9-14,16-17H2,1-2H3. The molecule has 0 aliphatic carbocycles. The summed E-state index contributed by atoms with van der Waals surface area (Å²) in [5.74, 6) is 0.821. The highest BCUT2D eigenvalue weighted by Crippen LogP contribution is 2.40. The number of benzene rings is 2. The average Bonchev–Trinajstić information content (AvgIpc) is 3.53. The van der Waals surface area contributed by atoms with E-state index in [4.69, 9.17) is 35.6 Å². The molecule has 0 saturated carbocycles. The third-order valence-electron chi connectivity index (χ3n) is 6.94. The molecule has 9 heteroatoms. The Morgan fingerprint density at radius 2 is 1.86 bits per heavy atom. The molecule has 2 saturated heterocycles. The molecule has 1 atom stereocenters. The molecule has 2 aromatic carbocycles. The number of amides is 1. The van der Waals surface area contributed by atoms with Crippen LogP contribution in [0.25, 0.3) is 0 Å². The van der Waals surface area contributed by atoms with Gasteiger partial charge in [-0.05, 0) is 24.3 Å². The van der Waals surface area contributed by atoms with Crippen LogP contribution in [0, 0.1) is 0 Å². The first-order valence-corrected chi connectivity index (χ1v) is 12.3. The van der Waals surface area contributed by atoms with Crippen molar-refractivity contribution in [2.45, 2.75) is 31.1 Å². The third-order valence-corrected chi connectivity index (χ3v) is 7.27. The molecule has 1 unspecified atom stereocenters. The van der Waals surface area contributed by atoms with Crippen molar-refractivity contribution >= 4 is 23.2 Å². The molecule has 3 aliphatic heterocycles. The number of likely N-dealkylation sites (tertiary alicyclic amines) is 1. The fraction of sp³-hybridized carbons (Fsp3) is 0.462. The first-order chi connectivity index (χ1) is 17.0. The van der Waals surface area contributed by atoms with Crippen molar-refractivity contribution in [3.05, 3.63) is 58.6 Å². The van der Waals surface area contributed by atoms with Gasteiger partial charge in [-0.15, -0.1) is 0 Å². The summed E-state index contributed by atoms with van der Waals surface area (Å²) in [4.78, 5) is 15.8. The van der Waals surface area contributed by atoms with Crippen LogP contribution in [0.2, 0.25) is 5.02 Å². The maximum absolute atomic E-state index is 13.6. The number of ether oxygens (including phenoxy) is 4. The number of rotatable bonds is 6. The molecular formula is C26H30ClN3O5. The quantitative estimate of drug-likeness (QED) is 0.600. The van der Waals surface area contributed by atoms with E-state index < -0.39 is 5.79 Å². The number of hydrazone groups is 1. The van der Waals surface area contributed by atoms with Crippen molar-refractivity contribution in [3.8, 4) is 11.5 Å². The minimum absolute atomic E-state index is 0.0777. The molecule has 2 fully saturated rings. The van der Waals surface area contributed by atoms with Crippen LogP contribution in [0.3, 0.4) is 0 Å². The highest BCUT2D eigenvalue weighted by atomic mass is 35.5. The van der Waals surface area contributed by atoms with Crippen LogP contribution in [0.1, 0.15) is 36.4 Å². The maximum Gasteiger partial charge on any atom is 0.257 e. The van der Waals surface area contributed by atoms with Crippen LogP contribution in [-0.2, 0) is 14.3 Å². The Morgan fingerprint density at radius 3 is 2.54 bits per heavy atom. The number of hydrogen-bond acceptors (Lipinski definition) is 7. The molecule has 8 nitrogen and oxygen atoms in total. The molecule has 1 amide bonds. The van der Waals surface area contributed by atoms with Gasteiger partial charge in [0.2, 0.25) is 0 Å². The number of piperidine rings is 1. The minimum atomic E-state index is -0.473.